The van der Waals surface area contributed by atoms with E-state index in [1.165, 1.54) is 5.56 Å². The quantitative estimate of drug-likeness (QED) is 0.884. The van der Waals surface area contributed by atoms with Crippen molar-refractivity contribution in [3.05, 3.63) is 35.9 Å². The molecule has 1 aromatic rings. The van der Waals surface area contributed by atoms with Crippen molar-refractivity contribution in [2.75, 3.05) is 26.2 Å². The van der Waals surface area contributed by atoms with Gasteiger partial charge in [-0.25, -0.2) is 5.01 Å². The first-order chi connectivity index (χ1) is 9.31. The van der Waals surface area contributed by atoms with Crippen LogP contribution in [0.4, 0.5) is 0 Å². The number of nitrogens with zero attached hydrogens (tertiary/aromatic N) is 2. The fourth-order valence-corrected chi connectivity index (χ4v) is 2.45. The molecule has 1 saturated heterocycles. The summed E-state index contributed by atoms with van der Waals surface area (Å²) in [4.78, 5) is 14.1. The molecular formula is C15H21N3O. The Kier molecular flexibility index (Phi) is 3.80. The first-order valence-electron chi connectivity index (χ1n) is 7.13. The molecule has 0 atom stereocenters. The number of hydrazine groups is 1. The molecule has 2 fully saturated rings. The van der Waals surface area contributed by atoms with Crippen LogP contribution in [0.2, 0.25) is 0 Å². The number of hydrogen-bond donors (Lipinski definition) is 1. The second-order valence-electron chi connectivity index (χ2n) is 5.50. The third-order valence-electron chi connectivity index (χ3n) is 3.84. The van der Waals surface area contributed by atoms with E-state index in [2.05, 4.69) is 45.7 Å². The van der Waals surface area contributed by atoms with Crippen LogP contribution in [-0.4, -0.2) is 42.0 Å². The fourth-order valence-electron chi connectivity index (χ4n) is 2.45. The van der Waals surface area contributed by atoms with Crippen molar-refractivity contribution < 1.29 is 4.79 Å². The highest BCUT2D eigenvalue weighted by Gasteiger charge is 2.31. The summed E-state index contributed by atoms with van der Waals surface area (Å²) >= 11 is 0. The van der Waals surface area contributed by atoms with Gasteiger partial charge in [0.25, 0.3) is 0 Å². The summed E-state index contributed by atoms with van der Waals surface area (Å²) in [5, 5.41) is 2.07. The SMILES string of the molecule is O=C(NN1CCN(Cc2ccccc2)CC1)C1CC1. The Morgan fingerprint density at radius 2 is 1.79 bits per heavy atom. The van der Waals surface area contributed by atoms with E-state index in [1.54, 1.807) is 0 Å². The molecule has 4 nitrogen and oxygen atoms in total. The van der Waals surface area contributed by atoms with Gasteiger partial charge in [0.1, 0.15) is 0 Å². The summed E-state index contributed by atoms with van der Waals surface area (Å²) in [7, 11) is 0. The van der Waals surface area contributed by atoms with Crippen LogP contribution in [0.15, 0.2) is 30.3 Å². The normalized spacial score (nSPS) is 21.3. The zero-order valence-corrected chi connectivity index (χ0v) is 11.2. The van der Waals surface area contributed by atoms with Gasteiger partial charge in [-0.2, -0.15) is 0 Å². The maximum Gasteiger partial charge on any atom is 0.237 e. The van der Waals surface area contributed by atoms with Crippen LogP contribution in [0.25, 0.3) is 0 Å². The molecule has 0 spiro atoms. The molecule has 1 aliphatic heterocycles. The van der Waals surface area contributed by atoms with Crippen molar-refractivity contribution in [1.82, 2.24) is 15.3 Å². The van der Waals surface area contributed by atoms with E-state index in [-0.39, 0.29) is 5.91 Å². The Balaban J connectivity index is 1.43. The maximum atomic E-state index is 11.7. The minimum absolute atomic E-state index is 0.219. The Bertz CT molecular complexity index is 422. The van der Waals surface area contributed by atoms with Crippen LogP contribution in [-0.2, 0) is 11.3 Å². The van der Waals surface area contributed by atoms with Crippen LogP contribution in [0.1, 0.15) is 18.4 Å². The molecule has 0 unspecified atom stereocenters. The summed E-state index contributed by atoms with van der Waals surface area (Å²) in [6.45, 7) is 4.88. The predicted octanol–water partition coefficient (Wildman–Crippen LogP) is 1.25. The molecular weight excluding hydrogens is 238 g/mol. The van der Waals surface area contributed by atoms with E-state index < -0.39 is 0 Å². The van der Waals surface area contributed by atoms with Crippen molar-refractivity contribution in [3.8, 4) is 0 Å². The summed E-state index contributed by atoms with van der Waals surface area (Å²) < 4.78 is 0. The number of benzene rings is 1. The summed E-state index contributed by atoms with van der Waals surface area (Å²) in [5.41, 5.74) is 4.39. The van der Waals surface area contributed by atoms with Gasteiger partial charge in [0.15, 0.2) is 0 Å². The van der Waals surface area contributed by atoms with Gasteiger partial charge in [-0.3, -0.25) is 15.1 Å². The molecule has 0 radical (unpaired) electrons. The Morgan fingerprint density at radius 3 is 2.42 bits per heavy atom. The molecule has 3 rings (SSSR count). The second kappa shape index (κ2) is 5.72. The number of nitrogens with one attached hydrogen (secondary N) is 1. The second-order valence-corrected chi connectivity index (χ2v) is 5.50. The highest BCUT2D eigenvalue weighted by Crippen LogP contribution is 2.28. The van der Waals surface area contributed by atoms with Crippen molar-refractivity contribution in [1.29, 1.82) is 0 Å². The predicted molar refractivity (Wildman–Crippen MR) is 74.2 cm³/mol. The Labute approximate surface area is 114 Å². The molecule has 4 heteroatoms. The molecule has 1 saturated carbocycles. The number of carbonyl (C=O) groups is 1. The lowest BCUT2D eigenvalue weighted by molar-refractivity contribution is -0.128. The summed E-state index contributed by atoms with van der Waals surface area (Å²) in [6, 6.07) is 10.6. The largest absolute Gasteiger partial charge is 0.296 e. The van der Waals surface area contributed by atoms with E-state index in [0.29, 0.717) is 5.92 Å². The Hall–Kier alpha value is -1.39. The van der Waals surface area contributed by atoms with Gasteiger partial charge in [-0.05, 0) is 18.4 Å². The lowest BCUT2D eigenvalue weighted by Gasteiger charge is -2.34. The molecule has 1 aromatic carbocycles. The average Bonchev–Trinajstić information content (AvgIpc) is 3.27. The third kappa shape index (κ3) is 3.55. The average molecular weight is 259 g/mol. The van der Waals surface area contributed by atoms with E-state index in [1.807, 2.05) is 0 Å². The van der Waals surface area contributed by atoms with Crippen LogP contribution < -0.4 is 5.43 Å². The van der Waals surface area contributed by atoms with Crippen LogP contribution in [0, 0.1) is 5.92 Å². The van der Waals surface area contributed by atoms with Gasteiger partial charge in [0.2, 0.25) is 5.91 Å². The maximum absolute atomic E-state index is 11.7. The minimum Gasteiger partial charge on any atom is -0.296 e. The molecule has 0 bridgehead atoms. The van der Waals surface area contributed by atoms with Gasteiger partial charge >= 0.3 is 0 Å². The highest BCUT2D eigenvalue weighted by atomic mass is 16.2. The van der Waals surface area contributed by atoms with Gasteiger partial charge in [0.05, 0.1) is 0 Å². The first-order valence-corrected chi connectivity index (χ1v) is 7.13. The fraction of sp³-hybridized carbons (Fsp3) is 0.533. The summed E-state index contributed by atoms with van der Waals surface area (Å²) in [6.07, 6.45) is 2.14. The van der Waals surface area contributed by atoms with E-state index in [4.69, 9.17) is 0 Å². The highest BCUT2D eigenvalue weighted by molar-refractivity contribution is 5.80. The third-order valence-corrected chi connectivity index (χ3v) is 3.84. The van der Waals surface area contributed by atoms with E-state index >= 15 is 0 Å². The first kappa shape index (κ1) is 12.6. The molecule has 1 amide bonds. The topological polar surface area (TPSA) is 35.6 Å². The number of carbonyl (C=O) groups excluding carboxylic acids is 1. The number of piperazine rings is 1. The van der Waals surface area contributed by atoms with Gasteiger partial charge in [-0.15, -0.1) is 0 Å². The van der Waals surface area contributed by atoms with Crippen LogP contribution in [0.5, 0.6) is 0 Å². The lowest BCUT2D eigenvalue weighted by Crippen LogP contribution is -2.53. The van der Waals surface area contributed by atoms with Crippen molar-refractivity contribution in [2.45, 2.75) is 19.4 Å². The number of amides is 1. The van der Waals surface area contributed by atoms with Gasteiger partial charge in [0, 0.05) is 38.6 Å². The van der Waals surface area contributed by atoms with Crippen molar-refractivity contribution >= 4 is 5.91 Å². The monoisotopic (exact) mass is 259 g/mol. The molecule has 102 valence electrons. The number of rotatable bonds is 4. The Morgan fingerprint density at radius 1 is 1.11 bits per heavy atom. The minimum atomic E-state index is 0.219. The lowest BCUT2D eigenvalue weighted by atomic mass is 10.2. The number of hydrogen-bond acceptors (Lipinski definition) is 3. The molecule has 1 N–H and O–H groups in total. The van der Waals surface area contributed by atoms with E-state index in [9.17, 15) is 4.79 Å². The van der Waals surface area contributed by atoms with Gasteiger partial charge < -0.3 is 0 Å². The summed E-state index contributed by atoms with van der Waals surface area (Å²) in [5.74, 6) is 0.513. The zero-order valence-electron chi connectivity index (χ0n) is 11.2. The van der Waals surface area contributed by atoms with E-state index in [0.717, 1.165) is 45.6 Å². The zero-order chi connectivity index (χ0) is 13.1. The van der Waals surface area contributed by atoms with Crippen molar-refractivity contribution in [3.63, 3.8) is 0 Å². The van der Waals surface area contributed by atoms with Crippen LogP contribution >= 0.6 is 0 Å². The smallest absolute Gasteiger partial charge is 0.237 e. The van der Waals surface area contributed by atoms with Crippen LogP contribution in [0.3, 0.4) is 0 Å². The molecule has 19 heavy (non-hydrogen) atoms. The molecule has 1 heterocycles. The molecule has 2 aliphatic rings. The molecule has 0 aromatic heterocycles. The van der Waals surface area contributed by atoms with Gasteiger partial charge in [-0.1, -0.05) is 30.3 Å². The van der Waals surface area contributed by atoms with Crippen molar-refractivity contribution in [2.24, 2.45) is 5.92 Å². The standard InChI is InChI=1S/C15H21N3O/c19-15(14-6-7-14)16-18-10-8-17(9-11-18)12-13-4-2-1-3-5-13/h1-5,14H,6-12H2,(H,16,19). The molecule has 1 aliphatic carbocycles.